The summed E-state index contributed by atoms with van der Waals surface area (Å²) in [5, 5.41) is 2.93. The Balaban J connectivity index is 2.00. The second kappa shape index (κ2) is 3.48. The van der Waals surface area contributed by atoms with Crippen molar-refractivity contribution in [2.45, 2.75) is 12.6 Å². The normalized spacial score (nSPS) is 22.1. The first-order valence-electron chi connectivity index (χ1n) is 5.11. The van der Waals surface area contributed by atoms with Gasteiger partial charge in [0.15, 0.2) is 5.78 Å². The first kappa shape index (κ1) is 9.15. The number of nitrogens with one attached hydrogen (secondary N) is 1. The summed E-state index contributed by atoms with van der Waals surface area (Å²) in [7, 11) is 0. The van der Waals surface area contributed by atoms with Gasteiger partial charge < -0.3 is 10.1 Å². The number of fused-ring (bicyclic) bond motifs is 1. The van der Waals surface area contributed by atoms with Crippen LogP contribution in [-0.2, 0) is 16.0 Å². The van der Waals surface area contributed by atoms with Crippen molar-refractivity contribution in [1.82, 2.24) is 5.32 Å². The molecule has 0 aromatic heterocycles. The molecule has 4 nitrogen and oxygen atoms in total. The lowest BCUT2D eigenvalue weighted by atomic mass is 10.00. The third-order valence-corrected chi connectivity index (χ3v) is 2.65. The van der Waals surface area contributed by atoms with E-state index in [2.05, 4.69) is 10.3 Å². The molecule has 2 heterocycles. The Labute approximate surface area is 92.6 Å². The van der Waals surface area contributed by atoms with Gasteiger partial charge in [0.1, 0.15) is 12.0 Å². The smallest absolute Gasteiger partial charge is 0.215 e. The number of ether oxygens (including phenoxy) is 1. The van der Waals surface area contributed by atoms with Gasteiger partial charge in [0, 0.05) is 12.6 Å². The van der Waals surface area contributed by atoms with Crippen molar-refractivity contribution in [3.05, 3.63) is 42.3 Å². The van der Waals surface area contributed by atoms with Gasteiger partial charge in [0.25, 0.3) is 0 Å². The molecule has 4 heteroatoms. The molecule has 16 heavy (non-hydrogen) atoms. The minimum absolute atomic E-state index is 0.0138. The number of aliphatic imine (C=N–C) groups is 1. The van der Waals surface area contributed by atoms with Crippen LogP contribution in [0.3, 0.4) is 0 Å². The Morgan fingerprint density at radius 2 is 2.25 bits per heavy atom. The fraction of sp³-hybridized carbons (Fsp3) is 0.167. The number of hydrogen-bond donors (Lipinski definition) is 1. The second-order valence-electron chi connectivity index (χ2n) is 3.71. The van der Waals surface area contributed by atoms with Crippen LogP contribution in [0.5, 0.6) is 0 Å². The van der Waals surface area contributed by atoms with E-state index >= 15 is 0 Å². The van der Waals surface area contributed by atoms with E-state index in [1.807, 2.05) is 24.3 Å². The molecule has 2 aliphatic heterocycles. The molecule has 0 radical (unpaired) electrons. The molecule has 1 N–H and O–H groups in total. The zero-order valence-corrected chi connectivity index (χ0v) is 8.51. The Hall–Kier alpha value is -2.10. The molecule has 1 aromatic rings. The van der Waals surface area contributed by atoms with E-state index in [0.717, 1.165) is 11.3 Å². The van der Waals surface area contributed by atoms with Crippen molar-refractivity contribution in [1.29, 1.82) is 0 Å². The van der Waals surface area contributed by atoms with Crippen molar-refractivity contribution in [3.8, 4) is 0 Å². The Morgan fingerprint density at radius 1 is 1.38 bits per heavy atom. The molecule has 0 fully saturated rings. The highest BCUT2D eigenvalue weighted by atomic mass is 16.5. The summed E-state index contributed by atoms with van der Waals surface area (Å²) in [6, 6.07) is 7.66. The van der Waals surface area contributed by atoms with Gasteiger partial charge in [-0.1, -0.05) is 18.2 Å². The Bertz CT molecular complexity index is 497. The highest BCUT2D eigenvalue weighted by Gasteiger charge is 2.28. The fourth-order valence-corrected chi connectivity index (χ4v) is 1.86. The second-order valence-corrected chi connectivity index (χ2v) is 3.71. The molecule has 1 unspecified atom stereocenters. The standard InChI is InChI=1S/C12H10N2O2/c15-10-7-8-3-1-2-4-9(8)14-11(10)12-13-5-6-16-12/h1-6,12-13H,7H2. The van der Waals surface area contributed by atoms with Gasteiger partial charge in [-0.25, -0.2) is 4.99 Å². The average molecular weight is 214 g/mol. The summed E-state index contributed by atoms with van der Waals surface area (Å²) in [5.74, 6) is 0.0138. The maximum Gasteiger partial charge on any atom is 0.215 e. The molecule has 0 spiro atoms. The number of carbonyl (C=O) groups excluding carboxylic acids is 1. The van der Waals surface area contributed by atoms with Crippen LogP contribution in [-0.4, -0.2) is 17.7 Å². The largest absolute Gasteiger partial charge is 0.471 e. The van der Waals surface area contributed by atoms with Crippen molar-refractivity contribution in [3.63, 3.8) is 0 Å². The van der Waals surface area contributed by atoms with Gasteiger partial charge in [-0.3, -0.25) is 4.79 Å². The number of nitrogens with zero attached hydrogens (tertiary/aromatic N) is 1. The molecule has 0 saturated carbocycles. The summed E-state index contributed by atoms with van der Waals surface area (Å²) < 4.78 is 5.23. The van der Waals surface area contributed by atoms with E-state index in [9.17, 15) is 4.79 Å². The van der Waals surface area contributed by atoms with Crippen LogP contribution in [0.2, 0.25) is 0 Å². The number of hydrogen-bond acceptors (Lipinski definition) is 4. The third kappa shape index (κ3) is 1.39. The minimum atomic E-state index is -0.430. The number of ketones is 1. The van der Waals surface area contributed by atoms with Gasteiger partial charge in [-0.2, -0.15) is 0 Å². The van der Waals surface area contributed by atoms with Crippen LogP contribution in [0.15, 0.2) is 41.7 Å². The van der Waals surface area contributed by atoms with Crippen molar-refractivity contribution in [2.24, 2.45) is 4.99 Å². The molecule has 1 atom stereocenters. The fourth-order valence-electron chi connectivity index (χ4n) is 1.86. The molecular weight excluding hydrogens is 204 g/mol. The quantitative estimate of drug-likeness (QED) is 0.766. The molecule has 80 valence electrons. The van der Waals surface area contributed by atoms with Crippen molar-refractivity contribution < 1.29 is 9.53 Å². The maximum absolute atomic E-state index is 11.9. The maximum atomic E-state index is 11.9. The molecule has 0 bridgehead atoms. The van der Waals surface area contributed by atoms with E-state index in [1.54, 1.807) is 6.20 Å². The number of Topliss-reactive ketones (excluding diaryl/α,β-unsaturated/α-hetero) is 1. The average Bonchev–Trinajstić information content (AvgIpc) is 2.81. The Kier molecular flexibility index (Phi) is 1.99. The van der Waals surface area contributed by atoms with E-state index in [1.165, 1.54) is 6.26 Å². The van der Waals surface area contributed by atoms with Crippen LogP contribution < -0.4 is 5.32 Å². The van der Waals surface area contributed by atoms with Crippen LogP contribution in [0.4, 0.5) is 5.69 Å². The number of para-hydroxylation sites is 1. The summed E-state index contributed by atoms with van der Waals surface area (Å²) in [6.07, 6.45) is 3.17. The SMILES string of the molecule is O=C1Cc2ccccc2N=C1C1NC=CO1. The minimum Gasteiger partial charge on any atom is -0.471 e. The van der Waals surface area contributed by atoms with Crippen molar-refractivity contribution >= 4 is 17.2 Å². The third-order valence-electron chi connectivity index (χ3n) is 2.65. The zero-order valence-electron chi connectivity index (χ0n) is 8.51. The lowest BCUT2D eigenvalue weighted by Crippen LogP contribution is -2.38. The van der Waals surface area contributed by atoms with Gasteiger partial charge in [-0.15, -0.1) is 0 Å². The van der Waals surface area contributed by atoms with Crippen LogP contribution in [0.25, 0.3) is 0 Å². The monoisotopic (exact) mass is 214 g/mol. The van der Waals surface area contributed by atoms with Gasteiger partial charge in [0.2, 0.25) is 6.23 Å². The molecule has 0 aliphatic carbocycles. The van der Waals surface area contributed by atoms with E-state index in [0.29, 0.717) is 12.1 Å². The topological polar surface area (TPSA) is 50.7 Å². The lowest BCUT2D eigenvalue weighted by Gasteiger charge is -2.18. The number of rotatable bonds is 1. The van der Waals surface area contributed by atoms with E-state index < -0.39 is 6.23 Å². The van der Waals surface area contributed by atoms with Gasteiger partial charge in [0.05, 0.1) is 5.69 Å². The number of carbonyl (C=O) groups is 1. The van der Waals surface area contributed by atoms with Crippen LogP contribution in [0, 0.1) is 0 Å². The molecule has 1 aromatic carbocycles. The molecular formula is C12H10N2O2. The predicted octanol–water partition coefficient (Wildman–Crippen LogP) is 1.30. The highest BCUT2D eigenvalue weighted by molar-refractivity contribution is 6.43. The first-order chi connectivity index (χ1) is 7.84. The van der Waals surface area contributed by atoms with E-state index in [4.69, 9.17) is 4.74 Å². The summed E-state index contributed by atoms with van der Waals surface area (Å²) in [4.78, 5) is 16.2. The van der Waals surface area contributed by atoms with Crippen LogP contribution in [0.1, 0.15) is 5.56 Å². The van der Waals surface area contributed by atoms with Gasteiger partial charge in [-0.05, 0) is 11.6 Å². The van der Waals surface area contributed by atoms with Crippen LogP contribution >= 0.6 is 0 Å². The summed E-state index contributed by atoms with van der Waals surface area (Å²) in [5.41, 5.74) is 2.28. The first-order valence-corrected chi connectivity index (χ1v) is 5.11. The van der Waals surface area contributed by atoms with Crippen molar-refractivity contribution in [2.75, 3.05) is 0 Å². The van der Waals surface area contributed by atoms with Gasteiger partial charge >= 0.3 is 0 Å². The summed E-state index contributed by atoms with van der Waals surface area (Å²) >= 11 is 0. The highest BCUT2D eigenvalue weighted by Crippen LogP contribution is 2.25. The zero-order chi connectivity index (χ0) is 11.0. The predicted molar refractivity (Wildman–Crippen MR) is 59.4 cm³/mol. The Morgan fingerprint density at radius 3 is 3.06 bits per heavy atom. The molecule has 0 amide bonds. The lowest BCUT2D eigenvalue weighted by molar-refractivity contribution is -0.113. The molecule has 0 saturated heterocycles. The molecule has 2 aliphatic rings. The van der Waals surface area contributed by atoms with E-state index in [-0.39, 0.29) is 5.78 Å². The summed E-state index contributed by atoms with van der Waals surface area (Å²) in [6.45, 7) is 0. The number of benzene rings is 1. The molecule has 3 rings (SSSR count).